The highest BCUT2D eigenvalue weighted by molar-refractivity contribution is 7.89. The Morgan fingerprint density at radius 1 is 1.25 bits per heavy atom. The summed E-state index contributed by atoms with van der Waals surface area (Å²) >= 11 is 0. The van der Waals surface area contributed by atoms with Crippen LogP contribution in [0, 0.1) is 13.8 Å². The molecule has 4 nitrogen and oxygen atoms in total. The summed E-state index contributed by atoms with van der Waals surface area (Å²) in [5, 5.41) is 3.39. The SMILES string of the molecule is Cc1ccc(S(=O)(=O)NC(C)C2CCCCN2)cc1C. The maximum absolute atomic E-state index is 12.4. The number of hydrogen-bond acceptors (Lipinski definition) is 3. The van der Waals surface area contributed by atoms with Gasteiger partial charge in [0.2, 0.25) is 10.0 Å². The highest BCUT2D eigenvalue weighted by atomic mass is 32.2. The van der Waals surface area contributed by atoms with E-state index >= 15 is 0 Å². The van der Waals surface area contributed by atoms with Crippen molar-refractivity contribution >= 4 is 10.0 Å². The van der Waals surface area contributed by atoms with Crippen LogP contribution < -0.4 is 10.0 Å². The Labute approximate surface area is 122 Å². The number of piperidine rings is 1. The van der Waals surface area contributed by atoms with Gasteiger partial charge in [0.1, 0.15) is 0 Å². The van der Waals surface area contributed by atoms with Crippen LogP contribution >= 0.6 is 0 Å². The summed E-state index contributed by atoms with van der Waals surface area (Å²) in [5.74, 6) is 0. The standard InChI is InChI=1S/C15H24N2O2S/c1-11-7-8-14(10-12(11)2)20(18,19)17-13(3)15-6-4-5-9-16-15/h7-8,10,13,15-17H,4-6,9H2,1-3H3. The van der Waals surface area contributed by atoms with Crippen LogP contribution in [-0.4, -0.2) is 27.0 Å². The zero-order chi connectivity index (χ0) is 14.8. The van der Waals surface area contributed by atoms with Gasteiger partial charge in [-0.15, -0.1) is 0 Å². The lowest BCUT2D eigenvalue weighted by atomic mass is 10.00. The van der Waals surface area contributed by atoms with Crippen molar-refractivity contribution in [2.24, 2.45) is 0 Å². The van der Waals surface area contributed by atoms with E-state index in [9.17, 15) is 8.42 Å². The molecule has 20 heavy (non-hydrogen) atoms. The zero-order valence-corrected chi connectivity index (χ0v) is 13.3. The lowest BCUT2D eigenvalue weighted by molar-refractivity contribution is 0.347. The van der Waals surface area contributed by atoms with Gasteiger partial charge >= 0.3 is 0 Å². The summed E-state index contributed by atoms with van der Waals surface area (Å²) in [4.78, 5) is 0.350. The minimum Gasteiger partial charge on any atom is -0.312 e. The van der Waals surface area contributed by atoms with E-state index in [0.29, 0.717) is 4.90 Å². The summed E-state index contributed by atoms with van der Waals surface area (Å²) in [6, 6.07) is 5.39. The topological polar surface area (TPSA) is 58.2 Å². The molecular weight excluding hydrogens is 272 g/mol. The first-order valence-corrected chi connectivity index (χ1v) is 8.71. The summed E-state index contributed by atoms with van der Waals surface area (Å²) in [6.07, 6.45) is 3.36. The number of sulfonamides is 1. The summed E-state index contributed by atoms with van der Waals surface area (Å²) in [5.41, 5.74) is 2.10. The van der Waals surface area contributed by atoms with E-state index in [0.717, 1.165) is 30.5 Å². The molecule has 112 valence electrons. The molecule has 0 saturated carbocycles. The van der Waals surface area contributed by atoms with E-state index in [1.54, 1.807) is 12.1 Å². The second-order valence-corrected chi connectivity index (χ2v) is 7.43. The fourth-order valence-electron chi connectivity index (χ4n) is 2.58. The molecule has 2 atom stereocenters. The first-order chi connectivity index (χ1) is 9.40. The molecule has 1 saturated heterocycles. The van der Waals surface area contributed by atoms with E-state index in [4.69, 9.17) is 0 Å². The summed E-state index contributed by atoms with van der Waals surface area (Å²) in [6.45, 7) is 6.82. The lowest BCUT2D eigenvalue weighted by Crippen LogP contribution is -2.50. The molecule has 0 radical (unpaired) electrons. The second-order valence-electron chi connectivity index (χ2n) is 5.71. The fourth-order valence-corrected chi connectivity index (χ4v) is 3.95. The molecule has 1 aromatic rings. The van der Waals surface area contributed by atoms with Gasteiger partial charge in [-0.25, -0.2) is 13.1 Å². The van der Waals surface area contributed by atoms with Crippen LogP contribution in [0.4, 0.5) is 0 Å². The van der Waals surface area contributed by atoms with E-state index in [1.807, 2.05) is 26.8 Å². The van der Waals surface area contributed by atoms with Crippen molar-refractivity contribution in [3.05, 3.63) is 29.3 Å². The van der Waals surface area contributed by atoms with Crippen LogP contribution in [-0.2, 0) is 10.0 Å². The zero-order valence-electron chi connectivity index (χ0n) is 12.4. The molecule has 1 aliphatic rings. The van der Waals surface area contributed by atoms with Gasteiger partial charge in [0.25, 0.3) is 0 Å². The molecule has 0 amide bonds. The molecule has 5 heteroatoms. The first-order valence-electron chi connectivity index (χ1n) is 7.23. The van der Waals surface area contributed by atoms with E-state index in [-0.39, 0.29) is 12.1 Å². The predicted molar refractivity (Wildman–Crippen MR) is 81.3 cm³/mol. The van der Waals surface area contributed by atoms with Gasteiger partial charge in [-0.1, -0.05) is 12.5 Å². The number of aryl methyl sites for hydroxylation is 2. The summed E-state index contributed by atoms with van der Waals surface area (Å²) < 4.78 is 27.6. The first kappa shape index (κ1) is 15.5. The van der Waals surface area contributed by atoms with Gasteiger partial charge in [0.05, 0.1) is 4.90 Å². The summed E-state index contributed by atoms with van der Waals surface area (Å²) in [7, 11) is -3.44. The van der Waals surface area contributed by atoms with Gasteiger partial charge in [0, 0.05) is 12.1 Å². The smallest absolute Gasteiger partial charge is 0.240 e. The Hall–Kier alpha value is -0.910. The Bertz CT molecular complexity index is 563. The van der Waals surface area contributed by atoms with Crippen molar-refractivity contribution in [1.82, 2.24) is 10.0 Å². The van der Waals surface area contributed by atoms with Gasteiger partial charge in [-0.3, -0.25) is 0 Å². The number of benzene rings is 1. The molecule has 0 bridgehead atoms. The van der Waals surface area contributed by atoms with Crippen molar-refractivity contribution in [3.8, 4) is 0 Å². The third kappa shape index (κ3) is 3.59. The number of hydrogen-bond donors (Lipinski definition) is 2. The largest absolute Gasteiger partial charge is 0.312 e. The molecule has 2 N–H and O–H groups in total. The molecule has 2 unspecified atom stereocenters. The van der Waals surface area contributed by atoms with Crippen LogP contribution in [0.2, 0.25) is 0 Å². The average molecular weight is 296 g/mol. The van der Waals surface area contributed by atoms with E-state index < -0.39 is 10.0 Å². The van der Waals surface area contributed by atoms with Crippen molar-refractivity contribution in [2.45, 2.75) is 57.0 Å². The van der Waals surface area contributed by atoms with Crippen molar-refractivity contribution < 1.29 is 8.42 Å². The minimum absolute atomic E-state index is 0.0955. The highest BCUT2D eigenvalue weighted by Gasteiger charge is 2.24. The third-order valence-corrected chi connectivity index (χ3v) is 5.64. The van der Waals surface area contributed by atoms with Crippen LogP contribution in [0.1, 0.15) is 37.3 Å². The molecule has 0 spiro atoms. The Morgan fingerprint density at radius 2 is 2.00 bits per heavy atom. The number of rotatable bonds is 4. The van der Waals surface area contributed by atoms with Gasteiger partial charge in [-0.2, -0.15) is 0 Å². The molecule has 0 aliphatic carbocycles. The molecule has 1 fully saturated rings. The minimum atomic E-state index is -3.44. The lowest BCUT2D eigenvalue weighted by Gasteiger charge is -2.29. The second kappa shape index (κ2) is 6.24. The maximum atomic E-state index is 12.4. The van der Waals surface area contributed by atoms with Gasteiger partial charge in [0.15, 0.2) is 0 Å². The van der Waals surface area contributed by atoms with Gasteiger partial charge in [-0.05, 0) is 63.4 Å². The maximum Gasteiger partial charge on any atom is 0.240 e. The van der Waals surface area contributed by atoms with Crippen molar-refractivity contribution in [3.63, 3.8) is 0 Å². The molecule has 1 heterocycles. The molecule has 0 aromatic heterocycles. The fraction of sp³-hybridized carbons (Fsp3) is 0.600. The van der Waals surface area contributed by atoms with E-state index in [1.165, 1.54) is 6.42 Å². The average Bonchev–Trinajstić information content (AvgIpc) is 2.42. The normalized spacial score (nSPS) is 21.6. The monoisotopic (exact) mass is 296 g/mol. The van der Waals surface area contributed by atoms with Crippen LogP contribution in [0.25, 0.3) is 0 Å². The quantitative estimate of drug-likeness (QED) is 0.894. The highest BCUT2D eigenvalue weighted by Crippen LogP contribution is 2.17. The van der Waals surface area contributed by atoms with Crippen LogP contribution in [0.15, 0.2) is 23.1 Å². The van der Waals surface area contributed by atoms with Crippen molar-refractivity contribution in [2.75, 3.05) is 6.54 Å². The number of nitrogens with one attached hydrogen (secondary N) is 2. The Morgan fingerprint density at radius 3 is 2.60 bits per heavy atom. The Balaban J connectivity index is 2.11. The third-order valence-electron chi connectivity index (χ3n) is 4.08. The molecule has 1 aliphatic heterocycles. The van der Waals surface area contributed by atoms with Crippen LogP contribution in [0.5, 0.6) is 0 Å². The van der Waals surface area contributed by atoms with Crippen molar-refractivity contribution in [1.29, 1.82) is 0 Å². The predicted octanol–water partition coefficient (Wildman–Crippen LogP) is 2.11. The molecule has 2 rings (SSSR count). The Kier molecular flexibility index (Phi) is 4.83. The molecular formula is C15H24N2O2S. The van der Waals surface area contributed by atoms with Crippen LogP contribution in [0.3, 0.4) is 0 Å². The molecule has 1 aromatic carbocycles. The van der Waals surface area contributed by atoms with E-state index in [2.05, 4.69) is 10.0 Å². The van der Waals surface area contributed by atoms with Gasteiger partial charge < -0.3 is 5.32 Å².